The predicted molar refractivity (Wildman–Crippen MR) is 198 cm³/mol. The Balaban J connectivity index is 1.95. The van der Waals surface area contributed by atoms with Gasteiger partial charge in [-0.05, 0) is 0 Å². The quantitative estimate of drug-likeness (QED) is 0.105. The Morgan fingerprint density at radius 2 is 0.952 bits per heavy atom. The van der Waals surface area contributed by atoms with Crippen LogP contribution in [-0.4, -0.2) is 50.0 Å². The molecule has 0 saturated heterocycles. The SMILES string of the molecule is CCCCC(CC)COc1c2c[c]([Sn]([CH3])([CH3])[CH3])sc2cc2c(OCC(CC)CCCC)c3c[c]([Sn]([CH3])([CH3])[CH3])sc3cc12. The minimum atomic E-state index is -2.27. The van der Waals surface area contributed by atoms with Crippen LogP contribution < -0.4 is 15.3 Å². The molecule has 2 atom stereocenters. The summed E-state index contributed by atoms with van der Waals surface area (Å²) in [4.78, 5) is 15.2. The summed E-state index contributed by atoms with van der Waals surface area (Å²) in [6.45, 7) is 10.8. The average molecular weight is 822 g/mol. The van der Waals surface area contributed by atoms with Crippen molar-refractivity contribution in [2.75, 3.05) is 13.2 Å². The molecule has 4 rings (SSSR count). The van der Waals surface area contributed by atoms with Gasteiger partial charge in [0.1, 0.15) is 0 Å². The molecule has 0 bridgehead atoms. The van der Waals surface area contributed by atoms with Gasteiger partial charge < -0.3 is 0 Å². The third kappa shape index (κ3) is 8.15. The molecule has 0 amide bonds. The summed E-state index contributed by atoms with van der Waals surface area (Å²) in [5.74, 6) is 3.41. The predicted octanol–water partition coefficient (Wildman–Crippen LogP) is 11.5. The van der Waals surface area contributed by atoms with E-state index in [1.54, 1.807) is 5.79 Å². The van der Waals surface area contributed by atoms with Crippen molar-refractivity contribution in [2.24, 2.45) is 11.8 Å². The molecular weight excluding hydrogens is 766 g/mol. The summed E-state index contributed by atoms with van der Waals surface area (Å²) in [5.41, 5.74) is 0. The van der Waals surface area contributed by atoms with Crippen LogP contribution in [0.4, 0.5) is 0 Å². The summed E-state index contributed by atoms with van der Waals surface area (Å²) in [7, 11) is 0. The van der Waals surface area contributed by atoms with E-state index in [1.165, 1.54) is 82.3 Å². The van der Waals surface area contributed by atoms with Crippen LogP contribution in [0, 0.1) is 11.8 Å². The van der Waals surface area contributed by atoms with Gasteiger partial charge >= 0.3 is 275 Å². The molecule has 0 aliphatic rings. The summed E-state index contributed by atoms with van der Waals surface area (Å²) in [6, 6.07) is 9.92. The van der Waals surface area contributed by atoms with E-state index in [-0.39, 0.29) is 0 Å². The van der Waals surface area contributed by atoms with E-state index in [9.17, 15) is 0 Å². The molecule has 2 aromatic carbocycles. The van der Waals surface area contributed by atoms with Gasteiger partial charge in [0.2, 0.25) is 0 Å². The first kappa shape index (κ1) is 34.7. The maximum absolute atomic E-state index is 6.98. The molecule has 2 unspecified atom stereocenters. The third-order valence-corrected chi connectivity index (χ3v) is 29.9. The first-order valence-electron chi connectivity index (χ1n) is 16.6. The van der Waals surface area contributed by atoms with E-state index in [0.717, 1.165) is 24.7 Å². The molecule has 6 heteroatoms. The number of thiophene rings is 2. The van der Waals surface area contributed by atoms with Crippen molar-refractivity contribution in [1.82, 2.24) is 0 Å². The fourth-order valence-electron chi connectivity index (χ4n) is 5.71. The Morgan fingerprint density at radius 1 is 0.571 bits per heavy atom. The third-order valence-electron chi connectivity index (χ3n) is 8.83. The fraction of sp³-hybridized carbons (Fsp3) is 0.611. The van der Waals surface area contributed by atoms with Crippen LogP contribution in [0.2, 0.25) is 29.6 Å². The van der Waals surface area contributed by atoms with E-state index in [1.807, 2.05) is 22.7 Å². The zero-order chi connectivity index (χ0) is 30.7. The van der Waals surface area contributed by atoms with Crippen LogP contribution in [0.3, 0.4) is 0 Å². The normalized spacial score (nSPS) is 14.2. The molecule has 0 N–H and O–H groups in total. The second-order valence-electron chi connectivity index (χ2n) is 14.5. The molecule has 0 spiro atoms. The number of hydrogen-bond donors (Lipinski definition) is 0. The van der Waals surface area contributed by atoms with Crippen molar-refractivity contribution < 1.29 is 9.47 Å². The summed E-state index contributed by atoms with van der Waals surface area (Å²) < 4.78 is 19.9. The van der Waals surface area contributed by atoms with Crippen LogP contribution in [0.5, 0.6) is 11.5 Å². The summed E-state index contributed by atoms with van der Waals surface area (Å²) in [5, 5.41) is 5.16. The summed E-state index contributed by atoms with van der Waals surface area (Å²) >= 11 is -0.499. The van der Waals surface area contributed by atoms with E-state index < -0.39 is 36.8 Å². The Morgan fingerprint density at radius 3 is 1.26 bits per heavy atom. The molecule has 0 saturated carbocycles. The van der Waals surface area contributed by atoms with Crippen molar-refractivity contribution in [3.05, 3.63) is 24.3 Å². The maximum atomic E-state index is 6.98. The van der Waals surface area contributed by atoms with Crippen LogP contribution in [-0.2, 0) is 0 Å². The van der Waals surface area contributed by atoms with E-state index in [4.69, 9.17) is 9.47 Å². The number of benzene rings is 2. The molecule has 42 heavy (non-hydrogen) atoms. The minimum absolute atomic E-state index is 0.599. The molecule has 2 heterocycles. The van der Waals surface area contributed by atoms with Crippen molar-refractivity contribution in [3.8, 4) is 11.5 Å². The molecular formula is C36H56O2S2Sn2. The van der Waals surface area contributed by atoms with Crippen LogP contribution >= 0.6 is 22.7 Å². The Hall–Kier alpha value is -0.183. The van der Waals surface area contributed by atoms with Gasteiger partial charge in [-0.2, -0.15) is 0 Å². The van der Waals surface area contributed by atoms with Gasteiger partial charge in [-0.1, -0.05) is 0 Å². The Bertz CT molecular complexity index is 1360. The van der Waals surface area contributed by atoms with Gasteiger partial charge in [-0.3, -0.25) is 0 Å². The number of unbranched alkanes of at least 4 members (excludes halogenated alkanes) is 2. The molecule has 2 aromatic heterocycles. The molecule has 0 aliphatic heterocycles. The second kappa shape index (κ2) is 14.9. The second-order valence-corrected chi connectivity index (χ2v) is 47.5. The number of ether oxygens (including phenoxy) is 2. The van der Waals surface area contributed by atoms with Gasteiger partial charge in [0, 0.05) is 0 Å². The topological polar surface area (TPSA) is 18.5 Å². The Kier molecular flexibility index (Phi) is 12.3. The van der Waals surface area contributed by atoms with Gasteiger partial charge in [-0.25, -0.2) is 0 Å². The summed E-state index contributed by atoms with van der Waals surface area (Å²) in [6.07, 6.45) is 9.88. The number of fused-ring (bicyclic) bond motifs is 3. The van der Waals surface area contributed by atoms with Crippen LogP contribution in [0.25, 0.3) is 30.9 Å². The molecule has 0 aliphatic carbocycles. The first-order chi connectivity index (χ1) is 19.9. The van der Waals surface area contributed by atoms with Gasteiger partial charge in [0.15, 0.2) is 0 Å². The Labute approximate surface area is 272 Å². The van der Waals surface area contributed by atoms with Crippen molar-refractivity contribution in [1.29, 1.82) is 0 Å². The zero-order valence-electron chi connectivity index (χ0n) is 28.2. The van der Waals surface area contributed by atoms with Crippen molar-refractivity contribution >= 4 is 96.2 Å². The monoisotopic (exact) mass is 824 g/mol. The van der Waals surface area contributed by atoms with Crippen molar-refractivity contribution in [3.63, 3.8) is 0 Å². The molecule has 232 valence electrons. The molecule has 4 aromatic rings. The fourth-order valence-corrected chi connectivity index (χ4v) is 18.5. The van der Waals surface area contributed by atoms with E-state index >= 15 is 0 Å². The van der Waals surface area contributed by atoms with Gasteiger partial charge in [-0.15, -0.1) is 0 Å². The van der Waals surface area contributed by atoms with Gasteiger partial charge in [0.25, 0.3) is 0 Å². The molecule has 2 nitrogen and oxygen atoms in total. The average Bonchev–Trinajstić information content (AvgIpc) is 3.57. The van der Waals surface area contributed by atoms with Crippen LogP contribution in [0.15, 0.2) is 24.3 Å². The molecule has 0 radical (unpaired) electrons. The van der Waals surface area contributed by atoms with E-state index in [0.29, 0.717) is 11.8 Å². The standard InChI is InChI=1S/C30H38O2S2.6CH3.2Sn/c1-5-9-11-21(7-3)19-31-29-23-13-15-33-27(23)18-26-25(29)17-28-24(14-16-34-28)30(26)32-20-22(8-4)12-10-6-2;;;;;;;;/h13-14,17-18,21-22H,5-12,19-20H2,1-4H3;6*1H3;;. The number of rotatable bonds is 16. The van der Waals surface area contributed by atoms with Gasteiger partial charge in [0.05, 0.1) is 0 Å². The van der Waals surface area contributed by atoms with Crippen molar-refractivity contribution in [2.45, 2.75) is 109 Å². The van der Waals surface area contributed by atoms with Crippen LogP contribution in [0.1, 0.15) is 79.1 Å². The molecule has 0 fully saturated rings. The van der Waals surface area contributed by atoms with E-state index in [2.05, 4.69) is 81.6 Å². The first-order valence-corrected chi connectivity index (χ1v) is 38.3. The number of hydrogen-bond acceptors (Lipinski definition) is 4. The zero-order valence-corrected chi connectivity index (χ0v) is 35.5.